The van der Waals surface area contributed by atoms with Crippen LogP contribution in [0.5, 0.6) is 0 Å². The van der Waals surface area contributed by atoms with E-state index < -0.39 is 0 Å². The number of carbonyl (C=O) groups is 2. The number of fused-ring (bicyclic) bond motifs is 1. The van der Waals surface area contributed by atoms with Gasteiger partial charge in [0.1, 0.15) is 0 Å². The molecule has 1 N–H and O–H groups in total. The van der Waals surface area contributed by atoms with Crippen LogP contribution in [0.2, 0.25) is 0 Å². The van der Waals surface area contributed by atoms with Gasteiger partial charge in [0, 0.05) is 45.8 Å². The molecule has 6 nitrogen and oxygen atoms in total. The molecule has 0 aromatic rings. The van der Waals surface area contributed by atoms with Gasteiger partial charge in [-0.15, -0.1) is 0 Å². The van der Waals surface area contributed by atoms with Crippen molar-refractivity contribution in [3.05, 3.63) is 0 Å². The number of carbonyl (C=O) groups excluding carboxylic acids is 2. The van der Waals surface area contributed by atoms with Crippen LogP contribution in [0.25, 0.3) is 0 Å². The average Bonchev–Trinajstić information content (AvgIpc) is 2.78. The van der Waals surface area contributed by atoms with E-state index in [9.17, 15) is 9.59 Å². The molecule has 0 aromatic carbocycles. The molecule has 2 heterocycles. The first-order valence-corrected chi connectivity index (χ1v) is 9.99. The van der Waals surface area contributed by atoms with Gasteiger partial charge in [0.15, 0.2) is 0 Å². The molecule has 0 aromatic heterocycles. The van der Waals surface area contributed by atoms with Crippen molar-refractivity contribution in [3.8, 4) is 0 Å². The molecule has 1 saturated carbocycles. The number of likely N-dealkylation sites (tertiary alicyclic amines) is 2. The fourth-order valence-corrected chi connectivity index (χ4v) is 4.61. The number of urea groups is 1. The van der Waals surface area contributed by atoms with E-state index in [1.165, 1.54) is 19.3 Å². The summed E-state index contributed by atoms with van der Waals surface area (Å²) in [6.07, 6.45) is 8.58. The Morgan fingerprint density at radius 1 is 1.12 bits per heavy atom. The summed E-state index contributed by atoms with van der Waals surface area (Å²) in [6.45, 7) is 3.65. The van der Waals surface area contributed by atoms with Gasteiger partial charge < -0.3 is 19.9 Å². The third kappa shape index (κ3) is 4.87. The predicted octanol–water partition coefficient (Wildman–Crippen LogP) is 2.24. The molecule has 0 bridgehead atoms. The number of piperidine rings is 1. The Morgan fingerprint density at radius 2 is 1.88 bits per heavy atom. The first-order valence-electron chi connectivity index (χ1n) is 9.99. The van der Waals surface area contributed by atoms with Crippen molar-refractivity contribution in [2.24, 2.45) is 11.8 Å². The molecule has 0 radical (unpaired) electrons. The van der Waals surface area contributed by atoms with E-state index in [4.69, 9.17) is 4.74 Å². The van der Waals surface area contributed by atoms with Gasteiger partial charge in [0.25, 0.3) is 0 Å². The number of nitrogens with zero attached hydrogens (tertiary/aromatic N) is 2. The fraction of sp³-hybridized carbons (Fsp3) is 0.895. The molecule has 3 aliphatic rings. The van der Waals surface area contributed by atoms with Crippen LogP contribution in [0.4, 0.5) is 4.79 Å². The molecular weight excluding hydrogens is 318 g/mol. The largest absolute Gasteiger partial charge is 0.383 e. The van der Waals surface area contributed by atoms with Gasteiger partial charge in [-0.25, -0.2) is 4.79 Å². The summed E-state index contributed by atoms with van der Waals surface area (Å²) in [4.78, 5) is 29.0. The minimum absolute atomic E-state index is 0.108. The third-order valence-corrected chi connectivity index (χ3v) is 6.24. The Labute approximate surface area is 151 Å². The van der Waals surface area contributed by atoms with Crippen molar-refractivity contribution in [3.63, 3.8) is 0 Å². The standard InChI is InChI=1S/C19H33N3O3/c1-25-12-11-21-9-8-16-14-22(10-7-15(16)13-18(21)23)19(24)20-17-5-3-2-4-6-17/h15-17H,2-14H2,1H3,(H,20,24)/t15-,16-/m0/s1. The molecule has 3 rings (SSSR count). The maximum absolute atomic E-state index is 12.6. The van der Waals surface area contributed by atoms with Gasteiger partial charge in [-0.2, -0.15) is 0 Å². The van der Waals surface area contributed by atoms with E-state index >= 15 is 0 Å². The minimum atomic E-state index is 0.108. The highest BCUT2D eigenvalue weighted by atomic mass is 16.5. The summed E-state index contributed by atoms with van der Waals surface area (Å²) in [6, 6.07) is 0.469. The summed E-state index contributed by atoms with van der Waals surface area (Å²) in [7, 11) is 1.67. The summed E-state index contributed by atoms with van der Waals surface area (Å²) in [5.74, 6) is 1.13. The smallest absolute Gasteiger partial charge is 0.317 e. The molecule has 0 unspecified atom stereocenters. The lowest BCUT2D eigenvalue weighted by atomic mass is 9.82. The summed E-state index contributed by atoms with van der Waals surface area (Å²) < 4.78 is 5.12. The van der Waals surface area contributed by atoms with Crippen molar-refractivity contribution in [2.75, 3.05) is 39.9 Å². The number of hydrogen-bond donors (Lipinski definition) is 1. The molecule has 2 aliphatic heterocycles. The van der Waals surface area contributed by atoms with Gasteiger partial charge >= 0.3 is 6.03 Å². The van der Waals surface area contributed by atoms with E-state index in [0.29, 0.717) is 37.5 Å². The third-order valence-electron chi connectivity index (χ3n) is 6.24. The zero-order valence-electron chi connectivity index (χ0n) is 15.5. The second-order valence-electron chi connectivity index (χ2n) is 7.91. The lowest BCUT2D eigenvalue weighted by Gasteiger charge is -2.38. The van der Waals surface area contributed by atoms with Crippen molar-refractivity contribution in [1.82, 2.24) is 15.1 Å². The highest BCUT2D eigenvalue weighted by molar-refractivity contribution is 5.77. The Balaban J connectivity index is 1.51. The molecule has 2 saturated heterocycles. The zero-order valence-corrected chi connectivity index (χ0v) is 15.5. The summed E-state index contributed by atoms with van der Waals surface area (Å²) in [5, 5.41) is 3.24. The van der Waals surface area contributed by atoms with Gasteiger partial charge in [-0.3, -0.25) is 4.79 Å². The normalized spacial score (nSPS) is 28.4. The molecule has 142 valence electrons. The first kappa shape index (κ1) is 18.5. The number of hydrogen-bond acceptors (Lipinski definition) is 3. The molecule has 1 aliphatic carbocycles. The molecule has 2 atom stereocenters. The topological polar surface area (TPSA) is 61.9 Å². The monoisotopic (exact) mass is 351 g/mol. The lowest BCUT2D eigenvalue weighted by Crippen LogP contribution is -2.50. The number of ether oxygens (including phenoxy) is 1. The van der Waals surface area contributed by atoms with E-state index in [2.05, 4.69) is 5.32 Å². The van der Waals surface area contributed by atoms with Crippen molar-refractivity contribution in [1.29, 1.82) is 0 Å². The summed E-state index contributed by atoms with van der Waals surface area (Å²) >= 11 is 0. The molecular formula is C19H33N3O3. The predicted molar refractivity (Wildman–Crippen MR) is 96.3 cm³/mol. The van der Waals surface area contributed by atoms with Crippen LogP contribution in [0.15, 0.2) is 0 Å². The number of amides is 3. The van der Waals surface area contributed by atoms with Crippen LogP contribution in [0.1, 0.15) is 51.4 Å². The SMILES string of the molecule is COCCN1CC[C@H]2CN(C(=O)NC3CCCCC3)CC[C@H]2CC1=O. The second-order valence-corrected chi connectivity index (χ2v) is 7.91. The Hall–Kier alpha value is -1.30. The Kier molecular flexibility index (Phi) is 6.57. The molecule has 3 fully saturated rings. The van der Waals surface area contributed by atoms with Crippen LogP contribution in [-0.4, -0.2) is 67.7 Å². The molecule has 6 heteroatoms. The van der Waals surface area contributed by atoms with Crippen molar-refractivity contribution in [2.45, 2.75) is 57.4 Å². The Bertz CT molecular complexity index is 465. The number of nitrogens with one attached hydrogen (secondary N) is 1. The zero-order chi connectivity index (χ0) is 17.6. The molecule has 25 heavy (non-hydrogen) atoms. The Morgan fingerprint density at radius 3 is 2.64 bits per heavy atom. The van der Waals surface area contributed by atoms with Gasteiger partial charge in [-0.1, -0.05) is 19.3 Å². The van der Waals surface area contributed by atoms with Crippen molar-refractivity contribution >= 4 is 11.9 Å². The van der Waals surface area contributed by atoms with Crippen LogP contribution in [-0.2, 0) is 9.53 Å². The van der Waals surface area contributed by atoms with E-state index in [1.807, 2.05) is 9.80 Å². The minimum Gasteiger partial charge on any atom is -0.383 e. The van der Waals surface area contributed by atoms with Crippen LogP contribution in [0, 0.1) is 11.8 Å². The number of rotatable bonds is 4. The molecule has 0 spiro atoms. The van der Waals surface area contributed by atoms with Gasteiger partial charge in [0.2, 0.25) is 5.91 Å². The average molecular weight is 351 g/mol. The highest BCUT2D eigenvalue weighted by Crippen LogP contribution is 2.32. The quantitative estimate of drug-likeness (QED) is 0.845. The molecule has 3 amide bonds. The maximum atomic E-state index is 12.6. The van der Waals surface area contributed by atoms with Gasteiger partial charge in [0.05, 0.1) is 6.61 Å². The van der Waals surface area contributed by atoms with Crippen LogP contribution in [0.3, 0.4) is 0 Å². The van der Waals surface area contributed by atoms with Crippen LogP contribution >= 0.6 is 0 Å². The summed E-state index contributed by atoms with van der Waals surface area (Å²) in [5.41, 5.74) is 0. The van der Waals surface area contributed by atoms with Crippen LogP contribution < -0.4 is 5.32 Å². The fourth-order valence-electron chi connectivity index (χ4n) is 4.61. The first-order chi connectivity index (χ1) is 12.2. The van der Waals surface area contributed by atoms with Gasteiger partial charge in [-0.05, 0) is 37.5 Å². The van der Waals surface area contributed by atoms with E-state index in [1.54, 1.807) is 7.11 Å². The maximum Gasteiger partial charge on any atom is 0.317 e. The van der Waals surface area contributed by atoms with Crippen molar-refractivity contribution < 1.29 is 14.3 Å². The number of methoxy groups -OCH3 is 1. The highest BCUT2D eigenvalue weighted by Gasteiger charge is 2.36. The second kappa shape index (κ2) is 8.88. The van der Waals surface area contributed by atoms with E-state index in [-0.39, 0.29) is 11.9 Å². The van der Waals surface area contributed by atoms with E-state index in [0.717, 1.165) is 45.3 Å². The lowest BCUT2D eigenvalue weighted by molar-refractivity contribution is -0.132.